The molecule has 1 fully saturated rings. The van der Waals surface area contributed by atoms with E-state index in [-0.39, 0.29) is 24.4 Å². The Morgan fingerprint density at radius 1 is 0.735 bits per heavy atom. The Hall–Kier alpha value is -2.76. The highest BCUT2D eigenvalue weighted by atomic mass is 16.6. The minimum absolute atomic E-state index is 0.0279. The predicted molar refractivity (Wildman–Crippen MR) is 134 cm³/mol. The fourth-order valence-corrected chi connectivity index (χ4v) is 4.27. The van der Waals surface area contributed by atoms with Crippen molar-refractivity contribution < 1.29 is 18.9 Å². The van der Waals surface area contributed by atoms with Gasteiger partial charge in [-0.2, -0.15) is 0 Å². The van der Waals surface area contributed by atoms with Crippen molar-refractivity contribution in [3.8, 4) is 0 Å². The minimum Gasteiger partial charge on any atom is -0.374 e. The molecule has 0 bridgehead atoms. The fraction of sp³-hybridized carbons (Fsp3) is 0.333. The van der Waals surface area contributed by atoms with Gasteiger partial charge in [0.15, 0.2) is 0 Å². The van der Waals surface area contributed by atoms with E-state index in [1.165, 1.54) is 0 Å². The summed E-state index contributed by atoms with van der Waals surface area (Å²) < 4.78 is 25.4. The zero-order valence-corrected chi connectivity index (χ0v) is 19.6. The van der Waals surface area contributed by atoms with Gasteiger partial charge in [-0.25, -0.2) is 0 Å². The van der Waals surface area contributed by atoms with Gasteiger partial charge in [-0.1, -0.05) is 97.1 Å². The second-order valence-corrected chi connectivity index (χ2v) is 8.65. The highest BCUT2D eigenvalue weighted by Gasteiger charge is 2.40. The first-order chi connectivity index (χ1) is 16.8. The maximum atomic E-state index is 6.46. The van der Waals surface area contributed by atoms with Crippen LogP contribution in [0, 0.1) is 0 Å². The first kappa shape index (κ1) is 24.4. The maximum Gasteiger partial charge on any atom is 0.113 e. The van der Waals surface area contributed by atoms with Crippen LogP contribution in [0.25, 0.3) is 0 Å². The molecule has 1 heterocycles. The Bertz CT molecular complexity index is 961. The van der Waals surface area contributed by atoms with E-state index in [9.17, 15) is 0 Å². The van der Waals surface area contributed by atoms with Gasteiger partial charge in [0.2, 0.25) is 0 Å². The molecule has 4 atom stereocenters. The standard InChI is InChI=1S/C30H34O4/c1-2-12-27-19-28(32-21-25-15-8-4-9-16-25)30(33-22-26-17-10-5-11-18-26)29(34-27)23-31-20-24-13-6-3-7-14-24/h2-11,13-18,27-30H,1,12,19-23H2/t27-,28-,29-,30-/m1/s1. The highest BCUT2D eigenvalue weighted by Crippen LogP contribution is 2.29. The van der Waals surface area contributed by atoms with Crippen LogP contribution in [0.4, 0.5) is 0 Å². The van der Waals surface area contributed by atoms with Crippen molar-refractivity contribution in [2.75, 3.05) is 6.61 Å². The molecule has 0 aromatic heterocycles. The number of benzene rings is 3. The number of rotatable bonds is 12. The third kappa shape index (κ3) is 7.37. The van der Waals surface area contributed by atoms with Crippen LogP contribution < -0.4 is 0 Å². The molecule has 34 heavy (non-hydrogen) atoms. The molecule has 0 spiro atoms. The fourth-order valence-electron chi connectivity index (χ4n) is 4.27. The Kier molecular flexibility index (Phi) is 9.47. The quantitative estimate of drug-likeness (QED) is 0.307. The molecule has 178 valence electrons. The molecule has 0 N–H and O–H groups in total. The molecular formula is C30H34O4. The molecule has 1 saturated heterocycles. The van der Waals surface area contributed by atoms with Crippen LogP contribution in [-0.4, -0.2) is 31.0 Å². The molecule has 0 amide bonds. The van der Waals surface area contributed by atoms with Crippen LogP contribution in [0.2, 0.25) is 0 Å². The van der Waals surface area contributed by atoms with Crippen molar-refractivity contribution in [1.82, 2.24) is 0 Å². The number of ether oxygens (including phenoxy) is 4. The van der Waals surface area contributed by atoms with Crippen molar-refractivity contribution in [3.63, 3.8) is 0 Å². The van der Waals surface area contributed by atoms with E-state index in [1.54, 1.807) is 0 Å². The molecule has 0 unspecified atom stereocenters. The van der Waals surface area contributed by atoms with Crippen LogP contribution in [0.5, 0.6) is 0 Å². The molecule has 0 aliphatic carbocycles. The third-order valence-electron chi connectivity index (χ3n) is 6.01. The lowest BCUT2D eigenvalue weighted by Gasteiger charge is -2.41. The zero-order chi connectivity index (χ0) is 23.4. The third-order valence-corrected chi connectivity index (χ3v) is 6.01. The Labute approximate surface area is 203 Å². The van der Waals surface area contributed by atoms with E-state index >= 15 is 0 Å². The lowest BCUT2D eigenvalue weighted by Crippen LogP contribution is -2.52. The minimum atomic E-state index is -0.235. The van der Waals surface area contributed by atoms with Gasteiger partial charge in [-0.15, -0.1) is 6.58 Å². The molecule has 3 aromatic carbocycles. The van der Waals surface area contributed by atoms with Crippen molar-refractivity contribution in [1.29, 1.82) is 0 Å². The number of hydrogen-bond donors (Lipinski definition) is 0. The van der Waals surface area contributed by atoms with Crippen LogP contribution in [0.15, 0.2) is 104 Å². The Morgan fingerprint density at radius 2 is 1.26 bits per heavy atom. The molecule has 0 saturated carbocycles. The van der Waals surface area contributed by atoms with Crippen LogP contribution in [-0.2, 0) is 38.8 Å². The first-order valence-electron chi connectivity index (χ1n) is 12.0. The molecular weight excluding hydrogens is 424 g/mol. The summed E-state index contributed by atoms with van der Waals surface area (Å²) in [5.41, 5.74) is 3.41. The summed E-state index contributed by atoms with van der Waals surface area (Å²) in [6.45, 7) is 5.92. The molecule has 1 aliphatic rings. The van der Waals surface area contributed by atoms with E-state index < -0.39 is 0 Å². The lowest BCUT2D eigenvalue weighted by molar-refractivity contribution is -0.219. The van der Waals surface area contributed by atoms with Crippen molar-refractivity contribution >= 4 is 0 Å². The van der Waals surface area contributed by atoms with Crippen molar-refractivity contribution in [2.45, 2.75) is 57.1 Å². The smallest absolute Gasteiger partial charge is 0.113 e. The van der Waals surface area contributed by atoms with E-state index in [1.807, 2.05) is 60.7 Å². The van der Waals surface area contributed by atoms with Crippen molar-refractivity contribution in [3.05, 3.63) is 120 Å². The van der Waals surface area contributed by atoms with Gasteiger partial charge in [0.1, 0.15) is 12.2 Å². The van der Waals surface area contributed by atoms with Gasteiger partial charge in [0.05, 0.1) is 38.6 Å². The van der Waals surface area contributed by atoms with E-state index in [4.69, 9.17) is 18.9 Å². The Balaban J connectivity index is 1.46. The van der Waals surface area contributed by atoms with Crippen LogP contribution in [0.1, 0.15) is 29.5 Å². The van der Waals surface area contributed by atoms with Gasteiger partial charge in [-0.3, -0.25) is 0 Å². The van der Waals surface area contributed by atoms with Gasteiger partial charge in [0.25, 0.3) is 0 Å². The second kappa shape index (κ2) is 13.2. The summed E-state index contributed by atoms with van der Waals surface area (Å²) in [6, 6.07) is 30.7. The van der Waals surface area contributed by atoms with Gasteiger partial charge < -0.3 is 18.9 Å². The zero-order valence-electron chi connectivity index (χ0n) is 19.6. The van der Waals surface area contributed by atoms with Gasteiger partial charge in [-0.05, 0) is 23.1 Å². The molecule has 3 aromatic rings. The summed E-state index contributed by atoms with van der Waals surface area (Å²) in [4.78, 5) is 0. The molecule has 4 rings (SSSR count). The highest BCUT2D eigenvalue weighted by molar-refractivity contribution is 5.15. The second-order valence-electron chi connectivity index (χ2n) is 8.65. The van der Waals surface area contributed by atoms with Crippen LogP contribution >= 0.6 is 0 Å². The van der Waals surface area contributed by atoms with Gasteiger partial charge >= 0.3 is 0 Å². The molecule has 1 aliphatic heterocycles. The van der Waals surface area contributed by atoms with E-state index in [0.29, 0.717) is 26.4 Å². The molecule has 0 radical (unpaired) electrons. The first-order valence-corrected chi connectivity index (χ1v) is 12.0. The van der Waals surface area contributed by atoms with E-state index in [2.05, 4.69) is 43.0 Å². The van der Waals surface area contributed by atoms with E-state index in [0.717, 1.165) is 29.5 Å². The number of hydrogen-bond acceptors (Lipinski definition) is 4. The summed E-state index contributed by atoms with van der Waals surface area (Å²) in [7, 11) is 0. The lowest BCUT2D eigenvalue weighted by atomic mass is 9.95. The molecule has 4 nitrogen and oxygen atoms in total. The van der Waals surface area contributed by atoms with Crippen LogP contribution in [0.3, 0.4) is 0 Å². The topological polar surface area (TPSA) is 36.9 Å². The average Bonchev–Trinajstić information content (AvgIpc) is 2.89. The normalized spacial score (nSPS) is 22.4. The van der Waals surface area contributed by atoms with Crippen molar-refractivity contribution in [2.24, 2.45) is 0 Å². The maximum absolute atomic E-state index is 6.46. The summed E-state index contributed by atoms with van der Waals surface area (Å²) in [5.74, 6) is 0. The summed E-state index contributed by atoms with van der Waals surface area (Å²) in [5, 5.41) is 0. The largest absolute Gasteiger partial charge is 0.374 e. The summed E-state index contributed by atoms with van der Waals surface area (Å²) >= 11 is 0. The average molecular weight is 459 g/mol. The SMILES string of the molecule is C=CC[C@@H]1C[C@@H](OCc2ccccc2)[C@@H](OCc2ccccc2)[C@@H](COCc2ccccc2)O1. The Morgan fingerprint density at radius 3 is 1.82 bits per heavy atom. The predicted octanol–water partition coefficient (Wildman–Crippen LogP) is 6.11. The summed E-state index contributed by atoms with van der Waals surface area (Å²) in [6.07, 6.45) is 2.89. The molecule has 4 heteroatoms. The van der Waals surface area contributed by atoms with Gasteiger partial charge in [0, 0.05) is 6.42 Å². The monoisotopic (exact) mass is 458 g/mol.